The number of hydrogen-bond acceptors (Lipinski definition) is 4. The summed E-state index contributed by atoms with van der Waals surface area (Å²) in [5, 5.41) is 4.97. The van der Waals surface area contributed by atoms with Crippen molar-refractivity contribution in [2.45, 2.75) is 19.6 Å². The van der Waals surface area contributed by atoms with E-state index in [1.165, 1.54) is 96.0 Å². The van der Waals surface area contributed by atoms with E-state index in [0.717, 1.165) is 34.4 Å². The summed E-state index contributed by atoms with van der Waals surface area (Å²) in [5.41, 5.74) is 14.4. The molecule has 4 aliphatic heterocycles. The fraction of sp³-hybridized carbons (Fsp3) is 0. The Morgan fingerprint density at radius 1 is 0.323 bits per heavy atom. The van der Waals surface area contributed by atoms with Crippen LogP contribution < -0.4 is 42.3 Å². The number of aromatic nitrogens is 2. The van der Waals surface area contributed by atoms with Gasteiger partial charge in [0.2, 0.25) is 0 Å². The zero-order valence-corrected chi connectivity index (χ0v) is 34.6. The van der Waals surface area contributed by atoms with E-state index >= 15 is 0 Å². The van der Waals surface area contributed by atoms with E-state index in [-0.39, 0.29) is 13.4 Å². The Kier molecular flexibility index (Phi) is 6.69. The molecule has 0 saturated carbocycles. The third kappa shape index (κ3) is 4.47. The second-order valence-corrected chi connectivity index (χ2v) is 18.9. The van der Waals surface area contributed by atoms with Crippen LogP contribution in [0.1, 0.15) is 0 Å². The topological polar surface area (TPSA) is 28.3 Å². The Balaban J connectivity index is 0.948. The van der Waals surface area contributed by atoms with Crippen molar-refractivity contribution in [1.82, 2.24) is 9.13 Å². The number of hydrogen-bond donors (Lipinski definition) is 0. The van der Waals surface area contributed by atoms with Gasteiger partial charge in [0.05, 0.1) is 33.4 Å². The van der Waals surface area contributed by atoms with Gasteiger partial charge in [0.25, 0.3) is 13.4 Å². The lowest BCUT2D eigenvalue weighted by Gasteiger charge is -2.37. The number of benzene rings is 9. The van der Waals surface area contributed by atoms with Crippen LogP contribution in [0.2, 0.25) is 0 Å². The van der Waals surface area contributed by atoms with E-state index in [4.69, 9.17) is 9.47 Å². The summed E-state index contributed by atoms with van der Waals surface area (Å²) in [6.07, 6.45) is 0. The smallest absolute Gasteiger partial charge is 0.253 e. The van der Waals surface area contributed by atoms with Gasteiger partial charge in [-0.05, 0) is 70.4 Å². The van der Waals surface area contributed by atoms with Crippen molar-refractivity contribution >= 4 is 113 Å². The Morgan fingerprint density at radius 3 is 1.11 bits per heavy atom. The molecule has 0 atom stereocenters. The molecular weight excluding hydrogens is 794 g/mol. The second-order valence-electron chi connectivity index (χ2n) is 16.7. The lowest BCUT2D eigenvalue weighted by atomic mass is 9.32. The average Bonchev–Trinajstić information content (AvgIpc) is 3.84. The molecule has 4 nitrogen and oxygen atoms in total. The molecule has 0 aliphatic carbocycles. The van der Waals surface area contributed by atoms with Gasteiger partial charge in [0.15, 0.2) is 0 Å². The van der Waals surface area contributed by atoms with Gasteiger partial charge in [0, 0.05) is 59.3 Å². The van der Waals surface area contributed by atoms with Crippen LogP contribution in [0.4, 0.5) is 0 Å². The molecule has 0 amide bonds. The highest BCUT2D eigenvalue weighted by atomic mass is 32.2. The summed E-state index contributed by atoms with van der Waals surface area (Å²) in [7, 11) is 0. The van der Waals surface area contributed by atoms with Crippen LogP contribution in [-0.2, 0) is 0 Å². The molecule has 11 aromatic rings. The summed E-state index contributed by atoms with van der Waals surface area (Å²) in [5.74, 6) is 3.47. The molecule has 0 spiro atoms. The van der Waals surface area contributed by atoms with Crippen LogP contribution in [0.25, 0.3) is 55.0 Å². The van der Waals surface area contributed by atoms with Crippen LogP contribution in [0.5, 0.6) is 23.0 Å². The molecule has 0 N–H and O–H groups in total. The summed E-state index contributed by atoms with van der Waals surface area (Å²) < 4.78 is 19.2. The van der Waals surface area contributed by atoms with Gasteiger partial charge >= 0.3 is 0 Å². The number of para-hydroxylation sites is 4. The quantitative estimate of drug-likeness (QED) is 0.162. The van der Waals surface area contributed by atoms with Crippen molar-refractivity contribution in [1.29, 1.82) is 0 Å². The van der Waals surface area contributed by atoms with Gasteiger partial charge in [-0.3, -0.25) is 0 Å². The Labute approximate surface area is 365 Å². The van der Waals surface area contributed by atoms with Crippen LogP contribution >= 0.6 is 23.5 Å². The molecule has 0 bridgehead atoms. The molecular formula is C54H30B2N2O2S2. The first-order valence-corrected chi connectivity index (χ1v) is 22.8. The van der Waals surface area contributed by atoms with Crippen molar-refractivity contribution in [3.8, 4) is 34.4 Å². The van der Waals surface area contributed by atoms with E-state index in [0.29, 0.717) is 0 Å². The largest absolute Gasteiger partial charge is 0.458 e. The van der Waals surface area contributed by atoms with Crippen LogP contribution in [0.3, 0.4) is 0 Å². The van der Waals surface area contributed by atoms with E-state index < -0.39 is 0 Å². The maximum absolute atomic E-state index is 7.20. The SMILES string of the molecule is c1ccc2c(c1)Sc1cc(-n3c4ccccc4c4ccccc43)cc3c1B2c1cc2c(cc1O3)Oc1cc(-n3c4ccccc4c4ccccc43)cc3c1B2c1ccccc1S3. The van der Waals surface area contributed by atoms with E-state index in [2.05, 4.69) is 191 Å². The maximum atomic E-state index is 7.20. The highest BCUT2D eigenvalue weighted by Gasteiger charge is 2.44. The molecule has 0 saturated heterocycles. The van der Waals surface area contributed by atoms with E-state index in [1.54, 1.807) is 0 Å². The van der Waals surface area contributed by atoms with Crippen molar-refractivity contribution in [2.75, 3.05) is 0 Å². The van der Waals surface area contributed by atoms with Crippen LogP contribution in [0.15, 0.2) is 202 Å². The molecule has 0 unspecified atom stereocenters. The lowest BCUT2D eigenvalue weighted by molar-refractivity contribution is 0.464. The monoisotopic (exact) mass is 824 g/mol. The first-order chi connectivity index (χ1) is 30.7. The van der Waals surface area contributed by atoms with Crippen LogP contribution in [-0.4, -0.2) is 22.6 Å². The molecule has 8 heteroatoms. The summed E-state index contributed by atoms with van der Waals surface area (Å²) in [6.45, 7) is 0.0101. The molecule has 286 valence electrons. The number of nitrogens with zero attached hydrogens (tertiary/aromatic N) is 2. The number of ether oxygens (including phenoxy) is 2. The van der Waals surface area contributed by atoms with Crippen molar-refractivity contribution < 1.29 is 9.47 Å². The number of rotatable bonds is 2. The fourth-order valence-corrected chi connectivity index (χ4v) is 13.4. The summed E-state index contributed by atoms with van der Waals surface area (Å²) in [6, 6.07) is 66.6. The normalized spacial score (nSPS) is 13.9. The minimum atomic E-state index is 0.00505. The minimum absolute atomic E-state index is 0.00505. The third-order valence-corrected chi connectivity index (χ3v) is 15.8. The van der Waals surface area contributed by atoms with Crippen molar-refractivity contribution in [3.63, 3.8) is 0 Å². The highest BCUT2D eigenvalue weighted by Crippen LogP contribution is 2.44. The molecule has 15 rings (SSSR count). The Bertz CT molecular complexity index is 3470. The van der Waals surface area contributed by atoms with E-state index in [1.807, 2.05) is 23.5 Å². The van der Waals surface area contributed by atoms with Crippen molar-refractivity contribution in [3.05, 3.63) is 182 Å². The standard InChI is InChI=1S/C54H30B2N2O2S2/c1-7-19-41-33(13-1)34-14-2-8-20-42(34)57(41)31-25-47-53-51(27-31)61-49-23-11-5-17-37(49)55(53)39-29-40-46(30-45(39)59-47)60-48-26-32(28-52-54(48)56(40)38-18-6-12-24-50(38)62-52)58-43-21-9-3-15-35(43)36-16-4-10-22-44(36)58/h1-30H. The molecule has 4 aliphatic rings. The summed E-state index contributed by atoms with van der Waals surface area (Å²) in [4.78, 5) is 5.02. The Morgan fingerprint density at radius 2 is 0.694 bits per heavy atom. The van der Waals surface area contributed by atoms with Gasteiger partial charge in [-0.2, -0.15) is 0 Å². The van der Waals surface area contributed by atoms with Crippen LogP contribution in [0, 0.1) is 0 Å². The third-order valence-electron chi connectivity index (χ3n) is 13.5. The highest BCUT2D eigenvalue weighted by molar-refractivity contribution is 8.00. The first-order valence-electron chi connectivity index (χ1n) is 21.1. The molecule has 2 aromatic heterocycles. The Hall–Kier alpha value is -6.99. The maximum Gasteiger partial charge on any atom is 0.253 e. The zero-order valence-electron chi connectivity index (χ0n) is 33.0. The molecule has 62 heavy (non-hydrogen) atoms. The number of fused-ring (bicyclic) bond motifs is 14. The first kappa shape index (κ1) is 33.7. The second kappa shape index (κ2) is 12.3. The molecule has 9 aromatic carbocycles. The molecule has 6 heterocycles. The lowest BCUT2D eigenvalue weighted by Crippen LogP contribution is -2.61. The fourth-order valence-electron chi connectivity index (χ4n) is 11.0. The van der Waals surface area contributed by atoms with Gasteiger partial charge in [-0.15, -0.1) is 0 Å². The minimum Gasteiger partial charge on any atom is -0.458 e. The zero-order chi connectivity index (χ0) is 40.2. The summed E-state index contributed by atoms with van der Waals surface area (Å²) >= 11 is 3.70. The predicted molar refractivity (Wildman–Crippen MR) is 259 cm³/mol. The van der Waals surface area contributed by atoms with Gasteiger partial charge < -0.3 is 18.6 Å². The van der Waals surface area contributed by atoms with Gasteiger partial charge in [-0.1, -0.05) is 150 Å². The van der Waals surface area contributed by atoms with Gasteiger partial charge in [-0.25, -0.2) is 0 Å². The van der Waals surface area contributed by atoms with E-state index in [9.17, 15) is 0 Å². The average molecular weight is 825 g/mol. The molecule has 0 radical (unpaired) electrons. The predicted octanol–water partition coefficient (Wildman–Crippen LogP) is 10.1. The molecule has 0 fully saturated rings. The van der Waals surface area contributed by atoms with Crippen molar-refractivity contribution in [2.24, 2.45) is 0 Å². The van der Waals surface area contributed by atoms with Gasteiger partial charge in [0.1, 0.15) is 23.0 Å².